The van der Waals surface area contributed by atoms with E-state index in [-0.39, 0.29) is 12.4 Å². The maximum atomic E-state index is 13.4. The van der Waals surface area contributed by atoms with Gasteiger partial charge in [-0.2, -0.15) is 13.2 Å². The number of piperazine rings is 1. The van der Waals surface area contributed by atoms with Gasteiger partial charge in [0.25, 0.3) is 0 Å². The zero-order chi connectivity index (χ0) is 14.0. The Kier molecular flexibility index (Phi) is 5.86. The lowest BCUT2D eigenvalue weighted by atomic mass is 9.99. The molecule has 20 heavy (non-hydrogen) atoms. The van der Waals surface area contributed by atoms with Gasteiger partial charge in [-0.15, -0.1) is 12.4 Å². The van der Waals surface area contributed by atoms with Crippen LogP contribution in [0, 0.1) is 13.8 Å². The van der Waals surface area contributed by atoms with Crippen LogP contribution in [0.1, 0.15) is 22.7 Å². The summed E-state index contributed by atoms with van der Waals surface area (Å²) in [5, 5.41) is 3.09. The Morgan fingerprint density at radius 2 is 1.55 bits per heavy atom. The maximum absolute atomic E-state index is 13.4. The highest BCUT2D eigenvalue weighted by atomic mass is 35.5. The molecule has 0 aliphatic carbocycles. The first-order chi connectivity index (χ1) is 8.88. The van der Waals surface area contributed by atoms with Crippen molar-refractivity contribution in [2.75, 3.05) is 26.2 Å². The zero-order valence-electron chi connectivity index (χ0n) is 11.6. The fourth-order valence-corrected chi connectivity index (χ4v) is 2.71. The van der Waals surface area contributed by atoms with Crippen LogP contribution in [0.3, 0.4) is 0 Å². The molecule has 1 aromatic carbocycles. The predicted molar refractivity (Wildman–Crippen MR) is 76.4 cm³/mol. The van der Waals surface area contributed by atoms with Gasteiger partial charge in [0.2, 0.25) is 0 Å². The van der Waals surface area contributed by atoms with Crippen molar-refractivity contribution < 1.29 is 13.2 Å². The molecule has 0 radical (unpaired) electrons. The Labute approximate surface area is 123 Å². The molecule has 0 saturated carbocycles. The largest absolute Gasteiger partial charge is 0.408 e. The fraction of sp³-hybridized carbons (Fsp3) is 0.571. The van der Waals surface area contributed by atoms with Gasteiger partial charge in [0.1, 0.15) is 6.04 Å². The van der Waals surface area contributed by atoms with E-state index in [1.165, 1.54) is 4.90 Å². The molecule has 2 rings (SSSR count). The number of nitrogens with one attached hydrogen (secondary N) is 1. The van der Waals surface area contributed by atoms with Crippen LogP contribution < -0.4 is 5.32 Å². The van der Waals surface area contributed by atoms with Crippen LogP contribution in [0.2, 0.25) is 0 Å². The number of alkyl halides is 3. The van der Waals surface area contributed by atoms with Crippen molar-refractivity contribution in [3.63, 3.8) is 0 Å². The van der Waals surface area contributed by atoms with Crippen molar-refractivity contribution in [3.8, 4) is 0 Å². The van der Waals surface area contributed by atoms with Crippen molar-refractivity contribution in [2.45, 2.75) is 26.1 Å². The van der Waals surface area contributed by atoms with E-state index in [9.17, 15) is 13.2 Å². The first-order valence-electron chi connectivity index (χ1n) is 6.47. The highest BCUT2D eigenvalue weighted by molar-refractivity contribution is 5.85. The molecule has 1 aromatic rings. The maximum Gasteiger partial charge on any atom is 0.408 e. The fourth-order valence-electron chi connectivity index (χ4n) is 2.71. The van der Waals surface area contributed by atoms with Crippen molar-refractivity contribution in [2.24, 2.45) is 0 Å². The zero-order valence-corrected chi connectivity index (χ0v) is 12.4. The van der Waals surface area contributed by atoms with E-state index in [1.54, 1.807) is 12.1 Å². The Bertz CT molecular complexity index is 422. The molecule has 0 spiro atoms. The molecular weight excluding hydrogens is 289 g/mol. The average Bonchev–Trinajstić information content (AvgIpc) is 2.27. The molecule has 1 aliphatic heterocycles. The number of nitrogens with zero attached hydrogens (tertiary/aromatic N) is 1. The third-order valence-corrected chi connectivity index (χ3v) is 3.39. The molecule has 0 amide bonds. The van der Waals surface area contributed by atoms with Crippen LogP contribution in [0.5, 0.6) is 0 Å². The van der Waals surface area contributed by atoms with Crippen molar-refractivity contribution in [3.05, 3.63) is 34.9 Å². The molecule has 114 valence electrons. The van der Waals surface area contributed by atoms with E-state index >= 15 is 0 Å². The summed E-state index contributed by atoms with van der Waals surface area (Å²) in [4.78, 5) is 1.52. The van der Waals surface area contributed by atoms with Gasteiger partial charge in [-0.25, -0.2) is 0 Å². The molecule has 1 heterocycles. The van der Waals surface area contributed by atoms with Crippen LogP contribution in [0.25, 0.3) is 0 Å². The third-order valence-electron chi connectivity index (χ3n) is 3.39. The third kappa shape index (κ3) is 4.11. The molecule has 0 bridgehead atoms. The van der Waals surface area contributed by atoms with E-state index in [0.29, 0.717) is 31.7 Å². The molecule has 1 N–H and O–H groups in total. The van der Waals surface area contributed by atoms with Gasteiger partial charge in [0.05, 0.1) is 0 Å². The van der Waals surface area contributed by atoms with Gasteiger partial charge >= 0.3 is 6.18 Å². The number of benzene rings is 1. The second kappa shape index (κ2) is 6.78. The monoisotopic (exact) mass is 308 g/mol. The Morgan fingerprint density at radius 3 is 2.00 bits per heavy atom. The van der Waals surface area contributed by atoms with Crippen molar-refractivity contribution >= 4 is 12.4 Å². The lowest BCUT2D eigenvalue weighted by Crippen LogP contribution is -2.49. The van der Waals surface area contributed by atoms with Gasteiger partial charge in [-0.05, 0) is 19.4 Å². The van der Waals surface area contributed by atoms with Crippen molar-refractivity contribution in [1.82, 2.24) is 10.2 Å². The standard InChI is InChI=1S/C14H19F3N2.ClH/c1-10-7-11(2)9-12(8-10)13(14(15,16)17)19-5-3-18-4-6-19;/h7-9,13,18H,3-6H2,1-2H3;1H/t13-;/m0./s1. The number of hydrogen-bond donors (Lipinski definition) is 1. The Morgan fingerprint density at radius 1 is 1.05 bits per heavy atom. The molecule has 6 heteroatoms. The topological polar surface area (TPSA) is 15.3 Å². The highest BCUT2D eigenvalue weighted by Gasteiger charge is 2.44. The lowest BCUT2D eigenvalue weighted by Gasteiger charge is -2.36. The minimum atomic E-state index is -4.24. The van der Waals surface area contributed by atoms with Crippen LogP contribution in [0.4, 0.5) is 13.2 Å². The average molecular weight is 309 g/mol. The van der Waals surface area contributed by atoms with E-state index in [1.807, 2.05) is 19.9 Å². The van der Waals surface area contributed by atoms with Gasteiger partial charge in [0.15, 0.2) is 0 Å². The molecule has 2 nitrogen and oxygen atoms in total. The van der Waals surface area contributed by atoms with E-state index < -0.39 is 12.2 Å². The van der Waals surface area contributed by atoms with Crippen LogP contribution >= 0.6 is 12.4 Å². The van der Waals surface area contributed by atoms with E-state index in [4.69, 9.17) is 0 Å². The van der Waals surface area contributed by atoms with Crippen molar-refractivity contribution in [1.29, 1.82) is 0 Å². The smallest absolute Gasteiger partial charge is 0.314 e. The van der Waals surface area contributed by atoms with Crippen LogP contribution in [0.15, 0.2) is 18.2 Å². The highest BCUT2D eigenvalue weighted by Crippen LogP contribution is 2.38. The summed E-state index contributed by atoms with van der Waals surface area (Å²) >= 11 is 0. The summed E-state index contributed by atoms with van der Waals surface area (Å²) in [6.45, 7) is 5.74. The number of aryl methyl sites for hydroxylation is 2. The Balaban J connectivity index is 0.00000200. The SMILES string of the molecule is Cc1cc(C)cc([C@H](N2CCNCC2)C(F)(F)F)c1.Cl. The molecule has 1 saturated heterocycles. The predicted octanol–water partition coefficient (Wildman–Crippen LogP) is 3.23. The van der Waals surface area contributed by atoms with Gasteiger partial charge in [-0.3, -0.25) is 4.90 Å². The summed E-state index contributed by atoms with van der Waals surface area (Å²) in [6.07, 6.45) is -4.24. The quantitative estimate of drug-likeness (QED) is 0.902. The summed E-state index contributed by atoms with van der Waals surface area (Å²) < 4.78 is 40.2. The lowest BCUT2D eigenvalue weighted by molar-refractivity contribution is -0.187. The first kappa shape index (κ1) is 17.3. The molecule has 1 aliphatic rings. The summed E-state index contributed by atoms with van der Waals surface area (Å²) in [5.74, 6) is 0. The van der Waals surface area contributed by atoms with Crippen LogP contribution in [-0.2, 0) is 0 Å². The van der Waals surface area contributed by atoms with Gasteiger partial charge in [-0.1, -0.05) is 29.3 Å². The normalized spacial score (nSPS) is 18.4. The molecule has 0 aromatic heterocycles. The number of rotatable bonds is 2. The number of halogens is 4. The van der Waals surface area contributed by atoms with E-state index in [2.05, 4.69) is 5.32 Å². The second-order valence-corrected chi connectivity index (χ2v) is 5.15. The molecule has 0 unspecified atom stereocenters. The number of hydrogen-bond acceptors (Lipinski definition) is 2. The molecule has 1 atom stereocenters. The van der Waals surface area contributed by atoms with Gasteiger partial charge < -0.3 is 5.32 Å². The summed E-state index contributed by atoms with van der Waals surface area (Å²) in [5.41, 5.74) is 2.10. The molecule has 1 fully saturated rings. The van der Waals surface area contributed by atoms with E-state index in [0.717, 1.165) is 11.1 Å². The summed E-state index contributed by atoms with van der Waals surface area (Å²) in [7, 11) is 0. The Hall–Kier alpha value is -0.780. The molecular formula is C14H20ClF3N2. The minimum absolute atomic E-state index is 0. The second-order valence-electron chi connectivity index (χ2n) is 5.15. The first-order valence-corrected chi connectivity index (χ1v) is 6.47. The summed E-state index contributed by atoms with van der Waals surface area (Å²) in [6, 6.07) is 3.70. The van der Waals surface area contributed by atoms with Gasteiger partial charge in [0, 0.05) is 26.2 Å². The van der Waals surface area contributed by atoms with Crippen LogP contribution in [-0.4, -0.2) is 37.3 Å². The minimum Gasteiger partial charge on any atom is -0.314 e.